The minimum Gasteiger partial charge on any atom is -0.369 e. The highest BCUT2D eigenvalue weighted by molar-refractivity contribution is 5.99. The molecule has 0 aliphatic carbocycles. The molecule has 0 unspecified atom stereocenters. The number of rotatable bonds is 4. The molecule has 0 radical (unpaired) electrons. The van der Waals surface area contributed by atoms with E-state index in [-0.39, 0.29) is 18.4 Å². The van der Waals surface area contributed by atoms with Crippen LogP contribution in [0.25, 0.3) is 16.6 Å². The summed E-state index contributed by atoms with van der Waals surface area (Å²) in [6.45, 7) is 4.11. The molecule has 3 rings (SSSR count). The highest BCUT2D eigenvalue weighted by atomic mass is 35.5. The summed E-state index contributed by atoms with van der Waals surface area (Å²) in [5, 5.41) is 0. The van der Waals surface area contributed by atoms with E-state index >= 15 is 0 Å². The number of hydrogen-bond acceptors (Lipinski definition) is 3. The van der Waals surface area contributed by atoms with Gasteiger partial charge in [0.1, 0.15) is 0 Å². The third kappa shape index (κ3) is 3.67. The average molecular weight is 357 g/mol. The van der Waals surface area contributed by atoms with Crippen LogP contribution in [0.15, 0.2) is 54.6 Å². The first kappa shape index (κ1) is 18.5. The lowest BCUT2D eigenvalue weighted by Crippen LogP contribution is -2.08. The molecular formula is C19H21ClN4O. The molecule has 0 aliphatic heterocycles. The molecule has 6 heteroatoms. The predicted molar refractivity (Wildman–Crippen MR) is 104 cm³/mol. The van der Waals surface area contributed by atoms with E-state index < -0.39 is 5.91 Å². The molecule has 4 N–H and O–H groups in total. The fourth-order valence-electron chi connectivity index (χ4n) is 2.92. The van der Waals surface area contributed by atoms with Gasteiger partial charge >= 0.3 is 0 Å². The molecule has 0 saturated heterocycles. The van der Waals surface area contributed by atoms with Gasteiger partial charge in [-0.05, 0) is 42.7 Å². The number of amides is 1. The number of fused-ring (bicyclic) bond motifs is 1. The lowest BCUT2D eigenvalue weighted by Gasteiger charge is -2.12. The van der Waals surface area contributed by atoms with Crippen LogP contribution in [0.4, 0.5) is 5.95 Å². The summed E-state index contributed by atoms with van der Waals surface area (Å²) in [5.74, 6) is 0.00289. The topological polar surface area (TPSA) is 86.9 Å². The zero-order valence-corrected chi connectivity index (χ0v) is 15.0. The van der Waals surface area contributed by atoms with E-state index in [0.717, 1.165) is 27.7 Å². The van der Waals surface area contributed by atoms with E-state index in [1.807, 2.05) is 53.1 Å². The van der Waals surface area contributed by atoms with E-state index in [4.69, 9.17) is 11.5 Å². The first-order chi connectivity index (χ1) is 11.5. The largest absolute Gasteiger partial charge is 0.369 e. The van der Waals surface area contributed by atoms with Gasteiger partial charge in [-0.25, -0.2) is 4.98 Å². The van der Waals surface area contributed by atoms with E-state index in [1.165, 1.54) is 6.08 Å². The van der Waals surface area contributed by atoms with Crippen molar-refractivity contribution in [2.75, 3.05) is 5.73 Å². The lowest BCUT2D eigenvalue weighted by atomic mass is 9.97. The Balaban J connectivity index is 0.00000225. The Morgan fingerprint density at radius 1 is 1.12 bits per heavy atom. The zero-order valence-electron chi connectivity index (χ0n) is 14.1. The maximum absolute atomic E-state index is 11.5. The van der Waals surface area contributed by atoms with Crippen LogP contribution in [0.2, 0.25) is 0 Å². The van der Waals surface area contributed by atoms with Gasteiger partial charge in [0, 0.05) is 12.1 Å². The molecule has 2 aromatic carbocycles. The van der Waals surface area contributed by atoms with Crippen LogP contribution >= 0.6 is 12.4 Å². The number of nitrogen functional groups attached to an aromatic ring is 1. The third-order valence-electron chi connectivity index (χ3n) is 3.92. The molecule has 3 aromatic rings. The van der Waals surface area contributed by atoms with Crippen molar-refractivity contribution in [3.05, 3.63) is 65.7 Å². The van der Waals surface area contributed by atoms with E-state index in [9.17, 15) is 4.79 Å². The van der Waals surface area contributed by atoms with Crippen molar-refractivity contribution in [2.24, 2.45) is 5.73 Å². The summed E-state index contributed by atoms with van der Waals surface area (Å²) in [6, 6.07) is 15.7. The minimum atomic E-state index is -0.481. The number of primary amides is 1. The fourth-order valence-corrected chi connectivity index (χ4v) is 2.92. The van der Waals surface area contributed by atoms with Crippen LogP contribution in [0, 0.1) is 0 Å². The number of anilines is 1. The summed E-state index contributed by atoms with van der Waals surface area (Å²) in [6.07, 6.45) is 1.45. The van der Waals surface area contributed by atoms with Crippen molar-refractivity contribution in [2.45, 2.75) is 19.9 Å². The number of imidazole rings is 1. The second kappa shape index (κ2) is 7.40. The van der Waals surface area contributed by atoms with Gasteiger partial charge in [-0.1, -0.05) is 36.4 Å². The molecule has 25 heavy (non-hydrogen) atoms. The van der Waals surface area contributed by atoms with Crippen molar-refractivity contribution >= 4 is 40.9 Å². The molecular weight excluding hydrogens is 336 g/mol. The summed E-state index contributed by atoms with van der Waals surface area (Å²) in [4.78, 5) is 15.9. The third-order valence-corrected chi connectivity index (χ3v) is 3.92. The van der Waals surface area contributed by atoms with Gasteiger partial charge in [0.05, 0.1) is 11.0 Å². The van der Waals surface area contributed by atoms with Crippen LogP contribution in [0.5, 0.6) is 0 Å². The Bertz CT molecular complexity index is 929. The lowest BCUT2D eigenvalue weighted by molar-refractivity contribution is -0.113. The first-order valence-electron chi connectivity index (χ1n) is 7.81. The van der Waals surface area contributed by atoms with Crippen LogP contribution in [-0.4, -0.2) is 15.5 Å². The van der Waals surface area contributed by atoms with Crippen LogP contribution < -0.4 is 11.5 Å². The molecule has 1 heterocycles. The van der Waals surface area contributed by atoms with Gasteiger partial charge in [0.2, 0.25) is 11.9 Å². The smallest absolute Gasteiger partial charge is 0.242 e. The number of benzene rings is 2. The maximum Gasteiger partial charge on any atom is 0.242 e. The van der Waals surface area contributed by atoms with Crippen molar-refractivity contribution in [3.8, 4) is 0 Å². The fraction of sp³-hybridized carbons (Fsp3) is 0.158. The summed E-state index contributed by atoms with van der Waals surface area (Å²) in [5.41, 5.74) is 15.8. The van der Waals surface area contributed by atoms with E-state index in [1.54, 1.807) is 0 Å². The molecule has 130 valence electrons. The normalized spacial score (nSPS) is 11.6. The second-order valence-electron chi connectivity index (χ2n) is 5.96. The Labute approximate surface area is 152 Å². The van der Waals surface area contributed by atoms with Gasteiger partial charge in [0.25, 0.3) is 0 Å². The summed E-state index contributed by atoms with van der Waals surface area (Å²) >= 11 is 0. The molecule has 1 amide bonds. The van der Waals surface area contributed by atoms with E-state index in [0.29, 0.717) is 5.95 Å². The number of hydrogen-bond donors (Lipinski definition) is 2. The van der Waals surface area contributed by atoms with Crippen LogP contribution in [-0.2, 0) is 4.79 Å². The second-order valence-corrected chi connectivity index (χ2v) is 5.96. The van der Waals surface area contributed by atoms with Gasteiger partial charge in [-0.2, -0.15) is 0 Å². The number of halogens is 1. The number of aromatic nitrogens is 2. The number of carbonyl (C=O) groups excluding carboxylic acids is 1. The molecule has 0 atom stereocenters. The summed E-state index contributed by atoms with van der Waals surface area (Å²) < 4.78 is 1.98. The minimum absolute atomic E-state index is 0. The standard InChI is InChI=1S/C19H20N4O.ClH/c1-12(2)23-17-10-14(8-9-16(17)22-19(23)21)15(11-18(20)24)13-6-4-3-5-7-13;/h3-12H,1-2H3,(H2,20,24)(H2,21,22);1H/b15-11+;. The van der Waals surface area contributed by atoms with Gasteiger partial charge in [-0.15, -0.1) is 12.4 Å². The van der Waals surface area contributed by atoms with Gasteiger partial charge in [-0.3, -0.25) is 4.79 Å². The summed E-state index contributed by atoms with van der Waals surface area (Å²) in [7, 11) is 0. The highest BCUT2D eigenvalue weighted by Crippen LogP contribution is 2.29. The molecule has 0 aliphatic rings. The molecule has 0 bridgehead atoms. The van der Waals surface area contributed by atoms with Crippen LogP contribution in [0.1, 0.15) is 31.0 Å². The molecule has 1 aromatic heterocycles. The van der Waals surface area contributed by atoms with E-state index in [2.05, 4.69) is 18.8 Å². The zero-order chi connectivity index (χ0) is 17.3. The number of nitrogens with zero attached hydrogens (tertiary/aromatic N) is 2. The Morgan fingerprint density at radius 2 is 1.80 bits per heavy atom. The van der Waals surface area contributed by atoms with Gasteiger partial charge < -0.3 is 16.0 Å². The van der Waals surface area contributed by atoms with Crippen molar-refractivity contribution in [1.29, 1.82) is 0 Å². The predicted octanol–water partition coefficient (Wildman–Crippen LogP) is 3.54. The maximum atomic E-state index is 11.5. The van der Waals surface area contributed by atoms with Crippen molar-refractivity contribution < 1.29 is 4.79 Å². The Kier molecular flexibility index (Phi) is 5.49. The van der Waals surface area contributed by atoms with Crippen molar-refractivity contribution in [1.82, 2.24) is 9.55 Å². The molecule has 0 spiro atoms. The average Bonchev–Trinajstić information content (AvgIpc) is 2.88. The van der Waals surface area contributed by atoms with Gasteiger partial charge in [0.15, 0.2) is 0 Å². The molecule has 5 nitrogen and oxygen atoms in total. The number of carbonyl (C=O) groups is 1. The highest BCUT2D eigenvalue weighted by Gasteiger charge is 2.14. The quantitative estimate of drug-likeness (QED) is 0.701. The Hall–Kier alpha value is -2.79. The number of nitrogens with two attached hydrogens (primary N) is 2. The first-order valence-corrected chi connectivity index (χ1v) is 7.81. The molecule has 0 saturated carbocycles. The SMILES string of the molecule is CC(C)n1c(N)nc2ccc(/C(=C/C(N)=O)c3ccccc3)cc21.Cl. The Morgan fingerprint density at radius 3 is 2.40 bits per heavy atom. The van der Waals surface area contributed by atoms with Crippen molar-refractivity contribution in [3.63, 3.8) is 0 Å². The van der Waals surface area contributed by atoms with Crippen LogP contribution in [0.3, 0.4) is 0 Å². The monoisotopic (exact) mass is 356 g/mol. The molecule has 0 fully saturated rings.